The van der Waals surface area contributed by atoms with E-state index in [0.29, 0.717) is 28.0 Å². The summed E-state index contributed by atoms with van der Waals surface area (Å²) in [5.74, 6) is -6.15. The van der Waals surface area contributed by atoms with Crippen molar-refractivity contribution < 1.29 is 114 Å². The lowest BCUT2D eigenvalue weighted by Crippen LogP contribution is -2.67. The predicted octanol–water partition coefficient (Wildman–Crippen LogP) is 2.88. The number of hydrogen-bond acceptors (Lipinski definition) is 24. The highest BCUT2D eigenvalue weighted by molar-refractivity contribution is 6.14. The largest absolute Gasteiger partial charge is 0.493 e. The van der Waals surface area contributed by atoms with Gasteiger partial charge in [0.25, 0.3) is 0 Å². The number of ether oxygens (including phenoxy) is 16. The molecular weight excluding hydrogens is 936 g/mol. The molecule has 4 heterocycles. The lowest BCUT2D eigenvalue weighted by atomic mass is 9.89. The molecular formula is C46H48O24. The number of hydrogen-bond donors (Lipinski definition) is 0. The Morgan fingerprint density at radius 1 is 0.543 bits per heavy atom. The van der Waals surface area contributed by atoms with Crippen LogP contribution in [0.3, 0.4) is 0 Å². The molecule has 0 radical (unpaired) electrons. The molecule has 2 fully saturated rings. The molecule has 0 aliphatic carbocycles. The highest BCUT2D eigenvalue weighted by Crippen LogP contribution is 2.50. The molecule has 2 saturated heterocycles. The maximum absolute atomic E-state index is 13.9. The first-order chi connectivity index (χ1) is 33.3. The van der Waals surface area contributed by atoms with Crippen LogP contribution in [0.4, 0.5) is 0 Å². The van der Waals surface area contributed by atoms with Crippen LogP contribution >= 0.6 is 0 Å². The molecule has 0 bridgehead atoms. The summed E-state index contributed by atoms with van der Waals surface area (Å²) in [6.07, 6.45) is -18.3. The molecule has 24 heteroatoms. The molecule has 4 aliphatic heterocycles. The third-order valence-electron chi connectivity index (χ3n) is 10.9. The van der Waals surface area contributed by atoms with E-state index in [0.717, 1.165) is 48.5 Å². The molecule has 0 saturated carbocycles. The van der Waals surface area contributed by atoms with Gasteiger partial charge < -0.3 is 71.1 Å². The number of fused-ring (bicyclic) bond motifs is 3. The maximum Gasteiger partial charge on any atom is 0.339 e. The van der Waals surface area contributed by atoms with E-state index in [1.165, 1.54) is 14.2 Å². The fraction of sp³-hybridized carbons (Fsp3) is 0.478. The average molecular weight is 985 g/mol. The van der Waals surface area contributed by atoms with Crippen LogP contribution in [0.25, 0.3) is 21.9 Å². The van der Waals surface area contributed by atoms with E-state index in [1.54, 1.807) is 30.3 Å². The molecule has 24 nitrogen and oxygen atoms in total. The van der Waals surface area contributed by atoms with Gasteiger partial charge in [-0.05, 0) is 35.2 Å². The Kier molecular flexibility index (Phi) is 15.2. The van der Waals surface area contributed by atoms with Gasteiger partial charge in [0.2, 0.25) is 25.5 Å². The second-order valence-corrected chi connectivity index (χ2v) is 15.9. The van der Waals surface area contributed by atoms with Gasteiger partial charge in [-0.3, -0.25) is 38.3 Å². The van der Waals surface area contributed by atoms with Crippen LogP contribution in [0.5, 0.6) is 28.7 Å². The first-order valence-electron chi connectivity index (χ1n) is 21.4. The Balaban J connectivity index is 1.38. The summed E-state index contributed by atoms with van der Waals surface area (Å²) in [5, 5.41) is 0.610. The van der Waals surface area contributed by atoms with Crippen molar-refractivity contribution in [2.24, 2.45) is 0 Å². The van der Waals surface area contributed by atoms with E-state index in [4.69, 9.17) is 75.8 Å². The van der Waals surface area contributed by atoms with Crippen molar-refractivity contribution in [2.75, 3.05) is 27.6 Å². The highest BCUT2D eigenvalue weighted by Gasteiger charge is 2.59. The van der Waals surface area contributed by atoms with E-state index in [1.807, 2.05) is 0 Å². The van der Waals surface area contributed by atoms with Crippen molar-refractivity contribution in [3.8, 4) is 39.9 Å². The van der Waals surface area contributed by atoms with Crippen molar-refractivity contribution >= 4 is 58.5 Å². The number of carbonyl (C=O) groups is 8. The minimum absolute atomic E-state index is 0.0284. The fourth-order valence-electron chi connectivity index (χ4n) is 8.38. The second-order valence-electron chi connectivity index (χ2n) is 15.9. The lowest BCUT2D eigenvalue weighted by molar-refractivity contribution is -0.376. The van der Waals surface area contributed by atoms with Gasteiger partial charge in [-0.2, -0.15) is 0 Å². The predicted molar refractivity (Wildman–Crippen MR) is 227 cm³/mol. The Hall–Kier alpha value is -7.44. The first-order valence-corrected chi connectivity index (χ1v) is 21.4. The molecule has 4 aliphatic rings. The Morgan fingerprint density at radius 2 is 1.09 bits per heavy atom. The number of benzene rings is 3. The average Bonchev–Trinajstić information content (AvgIpc) is 3.91. The molecule has 0 aromatic heterocycles. The smallest absolute Gasteiger partial charge is 0.339 e. The Labute approximate surface area is 397 Å². The summed E-state index contributed by atoms with van der Waals surface area (Å²) in [4.78, 5) is 103. The molecule has 0 N–H and O–H groups in total. The topological polar surface area (TPSA) is 284 Å². The van der Waals surface area contributed by atoms with Crippen LogP contribution in [-0.4, -0.2) is 137 Å². The number of cyclic esters (lactones) is 1. The van der Waals surface area contributed by atoms with Crippen LogP contribution in [0.15, 0.2) is 30.3 Å². The second kappa shape index (κ2) is 21.1. The quantitative estimate of drug-likeness (QED) is 0.156. The molecule has 0 unspecified atom stereocenters. The molecule has 376 valence electrons. The summed E-state index contributed by atoms with van der Waals surface area (Å²) in [6, 6.07) is 8.21. The zero-order valence-electron chi connectivity index (χ0n) is 39.1. The Bertz CT molecular complexity index is 2590. The molecule has 0 spiro atoms. The van der Waals surface area contributed by atoms with Gasteiger partial charge >= 0.3 is 47.8 Å². The number of carbonyl (C=O) groups excluding carboxylic acids is 8. The molecule has 10 atom stereocenters. The maximum atomic E-state index is 13.9. The van der Waals surface area contributed by atoms with E-state index < -0.39 is 116 Å². The first kappa shape index (κ1) is 50.4. The van der Waals surface area contributed by atoms with E-state index in [9.17, 15) is 38.4 Å². The number of esters is 8. The number of rotatable bonds is 15. The number of methoxy groups -OCH3 is 2. The molecule has 3 aromatic carbocycles. The van der Waals surface area contributed by atoms with Crippen LogP contribution < -0.4 is 23.7 Å². The third kappa shape index (κ3) is 10.7. The molecule has 3 aromatic rings. The monoisotopic (exact) mass is 984 g/mol. The van der Waals surface area contributed by atoms with Crippen LogP contribution in [-0.2, 0) is 92.3 Å². The highest BCUT2D eigenvalue weighted by atomic mass is 16.8. The summed E-state index contributed by atoms with van der Waals surface area (Å²) >= 11 is 0. The fourth-order valence-corrected chi connectivity index (χ4v) is 8.38. The van der Waals surface area contributed by atoms with Crippen LogP contribution in [0.2, 0.25) is 0 Å². The minimum atomic E-state index is -2.01. The SMILES string of the molecule is COc1cc2c(O[C@@H]3O[C@H](OC(C)=O)[C@@H](O[C@@H]4O[C@H](COC(C)=O)[C@H](OC(C)=O)[C@H](OC(C)=O)[C@H]4OC(C)=O)[C@H](OC(C)=O)[C@H]3OC(C)=O)c3c(c(-c4ccc5c(c4)OCO5)c2cc1OC)C(=O)OC3. The van der Waals surface area contributed by atoms with Crippen molar-refractivity contribution in [3.63, 3.8) is 0 Å². The summed E-state index contributed by atoms with van der Waals surface area (Å²) in [5.41, 5.74) is 1.09. The zero-order chi connectivity index (χ0) is 50.7. The lowest BCUT2D eigenvalue weighted by Gasteiger charge is -2.48. The summed E-state index contributed by atoms with van der Waals surface area (Å²) < 4.78 is 92.5. The van der Waals surface area contributed by atoms with E-state index in [2.05, 4.69) is 0 Å². The van der Waals surface area contributed by atoms with Gasteiger partial charge in [0.15, 0.2) is 59.8 Å². The molecule has 70 heavy (non-hydrogen) atoms. The minimum Gasteiger partial charge on any atom is -0.493 e. The van der Waals surface area contributed by atoms with Gasteiger partial charge in [0.05, 0.1) is 19.8 Å². The van der Waals surface area contributed by atoms with Crippen molar-refractivity contribution in [3.05, 3.63) is 41.5 Å². The van der Waals surface area contributed by atoms with E-state index in [-0.39, 0.29) is 47.2 Å². The van der Waals surface area contributed by atoms with Crippen LogP contribution in [0.1, 0.15) is 64.4 Å². The van der Waals surface area contributed by atoms with Gasteiger partial charge in [-0.15, -0.1) is 0 Å². The van der Waals surface area contributed by atoms with Crippen molar-refractivity contribution in [2.45, 2.75) is 117 Å². The van der Waals surface area contributed by atoms with Gasteiger partial charge in [0.1, 0.15) is 25.1 Å². The van der Waals surface area contributed by atoms with Crippen LogP contribution in [0, 0.1) is 0 Å². The van der Waals surface area contributed by atoms with Crippen molar-refractivity contribution in [1.82, 2.24) is 0 Å². The summed E-state index contributed by atoms with van der Waals surface area (Å²) in [6.45, 7) is 6.09. The van der Waals surface area contributed by atoms with E-state index >= 15 is 0 Å². The Morgan fingerprint density at radius 3 is 1.67 bits per heavy atom. The molecule has 0 amide bonds. The standard InChI is InChI=1S/C46H48O24/c1-18(47)57-16-33-37(61-19(2)48)38(62-20(3)49)40(64-22(5)51)45(67-33)69-42-39(63-21(4)50)41(65-23(6)52)46(70-44(42)66-24(7)53)68-36-27-14-31(56-9)30(55-8)13-26(27)34(35-28(36)15-58-43(35)54)25-10-11-29-32(12-25)60-17-59-29/h10-14,33,37-42,44-46H,15-17H2,1-9H3/t33-,37+,38+,39-,40-,41-,42+,44+,45+,46-/m1/s1. The van der Waals surface area contributed by atoms with Gasteiger partial charge in [0, 0.05) is 65.0 Å². The zero-order valence-corrected chi connectivity index (χ0v) is 39.1. The third-order valence-corrected chi connectivity index (χ3v) is 10.9. The van der Waals surface area contributed by atoms with Gasteiger partial charge in [-0.25, -0.2) is 4.79 Å². The molecule has 7 rings (SSSR count). The van der Waals surface area contributed by atoms with Crippen molar-refractivity contribution in [1.29, 1.82) is 0 Å². The normalized spacial score (nSPS) is 25.3. The van der Waals surface area contributed by atoms with Gasteiger partial charge in [-0.1, -0.05) is 6.07 Å². The summed E-state index contributed by atoms with van der Waals surface area (Å²) in [7, 11) is 2.80.